The van der Waals surface area contributed by atoms with Gasteiger partial charge in [0.05, 0.1) is 29.5 Å². The van der Waals surface area contributed by atoms with Crippen LogP contribution >= 0.6 is 0 Å². The molecule has 3 aromatic rings. The van der Waals surface area contributed by atoms with Gasteiger partial charge in [0.15, 0.2) is 0 Å². The minimum absolute atomic E-state index is 0.281. The van der Waals surface area contributed by atoms with E-state index in [9.17, 15) is 5.26 Å². The number of nitriles is 1. The fourth-order valence-corrected chi connectivity index (χ4v) is 3.86. The molecule has 27 heavy (non-hydrogen) atoms. The number of rotatable bonds is 2. The van der Waals surface area contributed by atoms with Crippen molar-refractivity contribution in [1.29, 1.82) is 5.26 Å². The van der Waals surface area contributed by atoms with E-state index >= 15 is 0 Å². The first-order valence-corrected chi connectivity index (χ1v) is 8.80. The summed E-state index contributed by atoms with van der Waals surface area (Å²) < 4.78 is 4.93. The number of nitrogens with zero attached hydrogens (tertiary/aromatic N) is 5. The number of hydrogen-bond donors (Lipinski definition) is 2. The van der Waals surface area contributed by atoms with Crippen molar-refractivity contribution in [3.63, 3.8) is 0 Å². The fraction of sp³-hybridized carbons (Fsp3) is 0.263. The minimum Gasteiger partial charge on any atom is -0.339 e. The summed E-state index contributed by atoms with van der Waals surface area (Å²) in [7, 11) is 2.09. The molecule has 0 amide bonds. The highest BCUT2D eigenvalue weighted by Crippen LogP contribution is 2.44. The highest BCUT2D eigenvalue weighted by molar-refractivity contribution is 5.81. The molecule has 1 unspecified atom stereocenters. The minimum atomic E-state index is -0.281. The van der Waals surface area contributed by atoms with Crippen LogP contribution in [0.25, 0.3) is 11.0 Å². The zero-order chi connectivity index (χ0) is 18.4. The molecule has 0 saturated carbocycles. The van der Waals surface area contributed by atoms with E-state index in [-0.39, 0.29) is 5.92 Å². The van der Waals surface area contributed by atoms with Crippen LogP contribution in [0.2, 0.25) is 0 Å². The molecule has 4 heterocycles. The van der Waals surface area contributed by atoms with Gasteiger partial charge in [0, 0.05) is 18.7 Å². The highest BCUT2D eigenvalue weighted by Gasteiger charge is 2.34. The van der Waals surface area contributed by atoms with E-state index in [1.165, 1.54) is 0 Å². The number of anilines is 1. The van der Waals surface area contributed by atoms with Gasteiger partial charge in [-0.25, -0.2) is 4.63 Å². The van der Waals surface area contributed by atoms with E-state index < -0.39 is 0 Å². The van der Waals surface area contributed by atoms with Crippen molar-refractivity contribution in [3.8, 4) is 6.07 Å². The summed E-state index contributed by atoms with van der Waals surface area (Å²) in [4.78, 5) is 2.25. The first-order valence-electron chi connectivity index (χ1n) is 8.80. The molecule has 2 aromatic heterocycles. The Morgan fingerprint density at radius 1 is 1.30 bits per heavy atom. The predicted octanol–water partition coefficient (Wildman–Crippen LogP) is 2.54. The van der Waals surface area contributed by atoms with Gasteiger partial charge in [-0.1, -0.05) is 18.2 Å². The highest BCUT2D eigenvalue weighted by atomic mass is 16.6. The molecule has 2 aliphatic heterocycles. The number of nitrogens with one attached hydrogen (secondary N) is 2. The van der Waals surface area contributed by atoms with Crippen LogP contribution in [-0.2, 0) is 0 Å². The maximum atomic E-state index is 10.1. The second kappa shape index (κ2) is 6.07. The van der Waals surface area contributed by atoms with E-state index in [1.807, 2.05) is 18.2 Å². The molecule has 0 bridgehead atoms. The molecular formula is C19H17N7O. The van der Waals surface area contributed by atoms with Crippen molar-refractivity contribution >= 4 is 16.9 Å². The predicted molar refractivity (Wildman–Crippen MR) is 98.7 cm³/mol. The maximum Gasteiger partial charge on any atom is 0.139 e. The van der Waals surface area contributed by atoms with E-state index in [2.05, 4.69) is 49.9 Å². The van der Waals surface area contributed by atoms with Crippen LogP contribution in [-0.4, -0.2) is 45.5 Å². The maximum absolute atomic E-state index is 10.1. The Bertz CT molecular complexity index is 1130. The van der Waals surface area contributed by atoms with Gasteiger partial charge in [-0.3, -0.25) is 5.10 Å². The van der Waals surface area contributed by atoms with Crippen molar-refractivity contribution in [2.45, 2.75) is 12.3 Å². The fourth-order valence-electron chi connectivity index (χ4n) is 3.86. The third kappa shape index (κ3) is 2.44. The number of likely N-dealkylation sites (N-methyl/N-ethyl adjacent to an activating group) is 1. The van der Waals surface area contributed by atoms with Gasteiger partial charge in [0.1, 0.15) is 16.9 Å². The normalized spacial score (nSPS) is 20.1. The molecule has 1 atom stereocenters. The smallest absolute Gasteiger partial charge is 0.139 e. The SMILES string of the molecule is CN1CC=C(C2=C(C#N)C(c3cccc4nonc34)c3cn[nH]c3N2)CC1. The Balaban J connectivity index is 1.73. The lowest BCUT2D eigenvalue weighted by atomic mass is 9.81. The largest absolute Gasteiger partial charge is 0.339 e. The van der Waals surface area contributed by atoms with E-state index in [0.29, 0.717) is 16.6 Å². The second-order valence-corrected chi connectivity index (χ2v) is 6.88. The molecule has 5 rings (SSSR count). The lowest BCUT2D eigenvalue weighted by Gasteiger charge is -2.30. The quantitative estimate of drug-likeness (QED) is 0.724. The Morgan fingerprint density at radius 2 is 2.22 bits per heavy atom. The van der Waals surface area contributed by atoms with Crippen LogP contribution in [0.5, 0.6) is 0 Å². The molecule has 8 nitrogen and oxygen atoms in total. The lowest BCUT2D eigenvalue weighted by molar-refractivity contribution is 0.315. The third-order valence-electron chi connectivity index (χ3n) is 5.27. The summed E-state index contributed by atoms with van der Waals surface area (Å²) in [6, 6.07) is 8.17. The van der Waals surface area contributed by atoms with Crippen LogP contribution in [0.1, 0.15) is 23.5 Å². The standard InChI is InChI=1S/C19H17N7O/c1-26-7-5-11(6-8-26)17-13(9-20)16(14-10-21-23-19(14)22-17)12-3-2-4-15-18(12)25-27-24-15/h2-5,10,16H,6-8H2,1H3,(H2,21,22,23). The molecule has 2 N–H and O–H groups in total. The number of allylic oxidation sites excluding steroid dienone is 2. The average molecular weight is 359 g/mol. The first kappa shape index (κ1) is 15.8. The number of fused-ring (bicyclic) bond motifs is 2. The molecule has 134 valence electrons. The zero-order valence-corrected chi connectivity index (χ0v) is 14.7. The Hall–Kier alpha value is -3.44. The van der Waals surface area contributed by atoms with Crippen LogP contribution in [0.15, 0.2) is 51.9 Å². The third-order valence-corrected chi connectivity index (χ3v) is 5.27. The van der Waals surface area contributed by atoms with Crippen LogP contribution in [0, 0.1) is 11.3 Å². The second-order valence-electron chi connectivity index (χ2n) is 6.88. The summed E-state index contributed by atoms with van der Waals surface area (Å²) in [6.45, 7) is 1.82. The molecule has 0 radical (unpaired) electrons. The van der Waals surface area contributed by atoms with E-state index in [1.54, 1.807) is 6.20 Å². The topological polar surface area (TPSA) is 107 Å². The summed E-state index contributed by atoms with van der Waals surface area (Å²) in [5.41, 5.74) is 5.82. The lowest BCUT2D eigenvalue weighted by Crippen LogP contribution is -2.27. The Kier molecular flexibility index (Phi) is 3.55. The molecular weight excluding hydrogens is 342 g/mol. The van der Waals surface area contributed by atoms with Gasteiger partial charge in [-0.2, -0.15) is 10.4 Å². The van der Waals surface area contributed by atoms with Crippen LogP contribution in [0.3, 0.4) is 0 Å². The molecule has 8 heteroatoms. The monoisotopic (exact) mass is 359 g/mol. The van der Waals surface area contributed by atoms with Crippen molar-refractivity contribution in [2.24, 2.45) is 0 Å². The van der Waals surface area contributed by atoms with E-state index in [0.717, 1.165) is 47.7 Å². The van der Waals surface area contributed by atoms with Crippen LogP contribution < -0.4 is 5.32 Å². The van der Waals surface area contributed by atoms with Crippen LogP contribution in [0.4, 0.5) is 5.82 Å². The van der Waals surface area contributed by atoms with Gasteiger partial charge < -0.3 is 10.2 Å². The first-order chi connectivity index (χ1) is 13.3. The molecule has 0 fully saturated rings. The number of aromatic amines is 1. The molecule has 0 saturated heterocycles. The zero-order valence-electron chi connectivity index (χ0n) is 14.7. The van der Waals surface area contributed by atoms with Crippen molar-refractivity contribution < 1.29 is 4.63 Å². The Labute approximate surface area is 155 Å². The molecule has 0 spiro atoms. The molecule has 2 aliphatic rings. The number of aromatic nitrogens is 4. The van der Waals surface area contributed by atoms with Crippen molar-refractivity contribution in [2.75, 3.05) is 25.5 Å². The van der Waals surface area contributed by atoms with Gasteiger partial charge in [-0.15, -0.1) is 0 Å². The van der Waals surface area contributed by atoms with Gasteiger partial charge in [0.2, 0.25) is 0 Å². The van der Waals surface area contributed by atoms with Gasteiger partial charge in [0.25, 0.3) is 0 Å². The summed E-state index contributed by atoms with van der Waals surface area (Å²) in [6.07, 6.45) is 4.83. The summed E-state index contributed by atoms with van der Waals surface area (Å²) in [5, 5.41) is 28.7. The number of hydrogen-bond acceptors (Lipinski definition) is 7. The number of benzene rings is 1. The van der Waals surface area contributed by atoms with Gasteiger partial charge >= 0.3 is 0 Å². The van der Waals surface area contributed by atoms with Crippen molar-refractivity contribution in [1.82, 2.24) is 25.4 Å². The molecule has 1 aromatic carbocycles. The summed E-state index contributed by atoms with van der Waals surface area (Å²) >= 11 is 0. The average Bonchev–Trinajstić information content (AvgIpc) is 3.36. The number of H-pyrrole nitrogens is 1. The Morgan fingerprint density at radius 3 is 3.04 bits per heavy atom. The van der Waals surface area contributed by atoms with Gasteiger partial charge in [-0.05, 0) is 41.0 Å². The molecule has 0 aliphatic carbocycles. The van der Waals surface area contributed by atoms with E-state index in [4.69, 9.17) is 4.63 Å². The van der Waals surface area contributed by atoms with Crippen molar-refractivity contribution in [3.05, 3.63) is 58.4 Å². The summed E-state index contributed by atoms with van der Waals surface area (Å²) in [5.74, 6) is 0.526.